The van der Waals surface area contributed by atoms with Crippen molar-refractivity contribution in [3.63, 3.8) is 0 Å². The van der Waals surface area contributed by atoms with Gasteiger partial charge in [0.05, 0.1) is 0 Å². The third-order valence-electron chi connectivity index (χ3n) is 11.3. The first kappa shape index (κ1) is 24.9. The van der Waals surface area contributed by atoms with Gasteiger partial charge in [-0.05, 0) is 91.8 Å². The number of fused-ring (bicyclic) bond motifs is 5. The normalized spacial score (nSPS) is 48.1. The van der Waals surface area contributed by atoms with Crippen LogP contribution in [0.5, 0.6) is 0 Å². The van der Waals surface area contributed by atoms with E-state index in [9.17, 15) is 25.5 Å². The molecule has 1 unspecified atom stereocenters. The van der Waals surface area contributed by atoms with E-state index in [2.05, 4.69) is 27.7 Å². The first-order chi connectivity index (χ1) is 14.8. The highest BCUT2D eigenvalue weighted by Crippen LogP contribution is 2.70. The largest absolute Gasteiger partial charge is 0.387 e. The molecule has 186 valence electrons. The number of aliphatic hydroxyl groups is 5. The number of rotatable bonds is 5. The van der Waals surface area contributed by atoms with E-state index < -0.39 is 23.1 Å². The zero-order valence-corrected chi connectivity index (χ0v) is 20.9. The van der Waals surface area contributed by atoms with E-state index in [-0.39, 0.29) is 18.3 Å². The molecule has 0 aliphatic heterocycles. The summed E-state index contributed by atoms with van der Waals surface area (Å²) in [6, 6.07) is 0. The summed E-state index contributed by atoms with van der Waals surface area (Å²) < 4.78 is 0. The maximum atomic E-state index is 11.1. The minimum Gasteiger partial charge on any atom is -0.387 e. The quantitative estimate of drug-likeness (QED) is 0.405. The summed E-state index contributed by atoms with van der Waals surface area (Å²) >= 11 is 0. The highest BCUT2D eigenvalue weighted by atomic mass is 16.6. The maximum Gasteiger partial charge on any atom is 0.245 e. The zero-order valence-electron chi connectivity index (χ0n) is 20.9. The molecule has 0 aromatic carbocycles. The van der Waals surface area contributed by atoms with E-state index in [1.54, 1.807) is 0 Å². The molecule has 4 aliphatic carbocycles. The Bertz CT molecular complexity index is 690. The van der Waals surface area contributed by atoms with Crippen molar-refractivity contribution < 1.29 is 25.5 Å². The van der Waals surface area contributed by atoms with Crippen molar-refractivity contribution in [1.29, 1.82) is 0 Å². The van der Waals surface area contributed by atoms with Gasteiger partial charge in [-0.2, -0.15) is 0 Å². The van der Waals surface area contributed by atoms with Crippen molar-refractivity contribution in [3.8, 4) is 0 Å². The second-order valence-corrected chi connectivity index (χ2v) is 13.1. The van der Waals surface area contributed by atoms with Crippen molar-refractivity contribution in [3.05, 3.63) is 0 Å². The Morgan fingerprint density at radius 2 is 1.53 bits per heavy atom. The lowest BCUT2D eigenvalue weighted by molar-refractivity contribution is -0.457. The Hall–Kier alpha value is -0.200. The van der Waals surface area contributed by atoms with Gasteiger partial charge in [0.1, 0.15) is 6.10 Å². The topological polar surface area (TPSA) is 101 Å². The maximum absolute atomic E-state index is 11.1. The molecular weight excluding hydrogens is 404 g/mol. The molecule has 5 nitrogen and oxygen atoms in total. The van der Waals surface area contributed by atoms with Crippen LogP contribution in [0, 0.1) is 52.3 Å². The lowest BCUT2D eigenvalue weighted by Gasteiger charge is -2.66. The van der Waals surface area contributed by atoms with E-state index in [1.165, 1.54) is 32.1 Å². The first-order valence-corrected chi connectivity index (χ1v) is 13.4. The Morgan fingerprint density at radius 1 is 0.844 bits per heavy atom. The van der Waals surface area contributed by atoms with Crippen LogP contribution in [0.1, 0.15) is 98.8 Å². The molecular formula is C27H48O5. The monoisotopic (exact) mass is 452 g/mol. The van der Waals surface area contributed by atoms with Crippen LogP contribution in [0.2, 0.25) is 0 Å². The molecule has 5 N–H and O–H groups in total. The second kappa shape index (κ2) is 8.19. The van der Waals surface area contributed by atoms with Gasteiger partial charge in [-0.25, -0.2) is 0 Å². The van der Waals surface area contributed by atoms with Crippen molar-refractivity contribution in [2.75, 3.05) is 0 Å². The zero-order chi connectivity index (χ0) is 23.7. The number of hydrogen-bond donors (Lipinski definition) is 5. The van der Waals surface area contributed by atoms with Gasteiger partial charge in [0.15, 0.2) is 0 Å². The van der Waals surface area contributed by atoms with Crippen LogP contribution in [0.25, 0.3) is 0 Å². The van der Waals surface area contributed by atoms with Crippen LogP contribution < -0.4 is 0 Å². The second-order valence-electron chi connectivity index (χ2n) is 13.1. The van der Waals surface area contributed by atoms with E-state index in [4.69, 9.17) is 0 Å². The standard InChI is InChI=1S/C27H48O5/c1-16(2)7-6-8-17(3)20-11-12-21-19-10-9-18-15-23(28)26(29,30)27(31,32)25(18,5)22(19)13-14-24(20,21)4/h16-23,28-32H,6-15H2,1-5H3/t17-,18-,19+,20-,21+,22+,23?,24-,25+/m1/s1. The van der Waals surface area contributed by atoms with Crippen LogP contribution in [0.4, 0.5) is 0 Å². The first-order valence-electron chi connectivity index (χ1n) is 13.4. The van der Waals surface area contributed by atoms with Gasteiger partial charge in [-0.1, -0.05) is 53.9 Å². The van der Waals surface area contributed by atoms with Crippen LogP contribution in [0.3, 0.4) is 0 Å². The molecule has 0 spiro atoms. The number of hydrogen-bond acceptors (Lipinski definition) is 5. The molecule has 9 atom stereocenters. The minimum atomic E-state index is -2.90. The highest BCUT2D eigenvalue weighted by molar-refractivity contribution is 5.16. The van der Waals surface area contributed by atoms with Gasteiger partial charge in [-0.3, -0.25) is 0 Å². The Balaban J connectivity index is 1.57. The molecule has 0 radical (unpaired) electrons. The van der Waals surface area contributed by atoms with Crippen molar-refractivity contribution >= 4 is 0 Å². The highest BCUT2D eigenvalue weighted by Gasteiger charge is 2.74. The summed E-state index contributed by atoms with van der Waals surface area (Å²) in [4.78, 5) is 0. The molecule has 4 rings (SSSR count). The summed E-state index contributed by atoms with van der Waals surface area (Å²) in [5, 5.41) is 53.7. The van der Waals surface area contributed by atoms with E-state index in [0.717, 1.165) is 43.4 Å². The summed E-state index contributed by atoms with van der Waals surface area (Å²) in [6.07, 6.45) is 8.87. The fraction of sp³-hybridized carbons (Fsp3) is 1.00. The Kier molecular flexibility index (Phi) is 6.37. The van der Waals surface area contributed by atoms with E-state index in [0.29, 0.717) is 17.3 Å². The average Bonchev–Trinajstić information content (AvgIpc) is 3.05. The molecule has 0 saturated heterocycles. The molecule has 0 bridgehead atoms. The molecule has 0 aromatic heterocycles. The predicted molar refractivity (Wildman–Crippen MR) is 124 cm³/mol. The summed E-state index contributed by atoms with van der Waals surface area (Å²) in [7, 11) is 0. The number of aliphatic hydroxyl groups excluding tert-OH is 1. The molecule has 5 heteroatoms. The van der Waals surface area contributed by atoms with E-state index in [1.807, 2.05) is 6.92 Å². The SMILES string of the molecule is CC(C)CCC[C@@H](C)[C@H]1CC[C@H]2[C@@H]3CC[C@@H]4CC(O)C(O)(O)C(O)(O)[C@]4(C)[C@H]3CC[C@]12C. The fourth-order valence-corrected chi connectivity index (χ4v) is 9.42. The van der Waals surface area contributed by atoms with Crippen LogP contribution in [0.15, 0.2) is 0 Å². The predicted octanol–water partition coefficient (Wildman–Crippen LogP) is 4.05. The van der Waals surface area contributed by atoms with E-state index >= 15 is 0 Å². The molecule has 32 heavy (non-hydrogen) atoms. The average molecular weight is 453 g/mol. The fourth-order valence-electron chi connectivity index (χ4n) is 9.42. The Morgan fingerprint density at radius 3 is 2.19 bits per heavy atom. The summed E-state index contributed by atoms with van der Waals surface area (Å²) in [6.45, 7) is 11.4. The molecule has 4 aliphatic rings. The molecule has 4 fully saturated rings. The van der Waals surface area contributed by atoms with Crippen LogP contribution in [-0.4, -0.2) is 43.2 Å². The molecule has 0 heterocycles. The smallest absolute Gasteiger partial charge is 0.245 e. The lowest BCUT2D eigenvalue weighted by Crippen LogP contribution is -2.77. The third kappa shape index (κ3) is 3.36. The van der Waals surface area contributed by atoms with Gasteiger partial charge in [0.25, 0.3) is 0 Å². The Labute approximate surface area is 194 Å². The summed E-state index contributed by atoms with van der Waals surface area (Å²) in [5.74, 6) is -2.55. The van der Waals surface area contributed by atoms with Crippen LogP contribution >= 0.6 is 0 Å². The van der Waals surface area contributed by atoms with Crippen molar-refractivity contribution in [2.24, 2.45) is 52.3 Å². The molecule has 0 amide bonds. The van der Waals surface area contributed by atoms with Gasteiger partial charge in [0.2, 0.25) is 11.6 Å². The van der Waals surface area contributed by atoms with Gasteiger partial charge in [-0.15, -0.1) is 0 Å². The van der Waals surface area contributed by atoms with Gasteiger partial charge < -0.3 is 25.5 Å². The molecule has 4 saturated carbocycles. The van der Waals surface area contributed by atoms with Crippen molar-refractivity contribution in [1.82, 2.24) is 0 Å². The lowest BCUT2D eigenvalue weighted by atomic mass is 9.42. The van der Waals surface area contributed by atoms with Gasteiger partial charge >= 0.3 is 0 Å². The van der Waals surface area contributed by atoms with Crippen LogP contribution in [-0.2, 0) is 0 Å². The minimum absolute atomic E-state index is 0.0375. The summed E-state index contributed by atoms with van der Waals surface area (Å²) in [5.41, 5.74) is -0.736. The third-order valence-corrected chi connectivity index (χ3v) is 11.3. The molecule has 0 aromatic rings. The van der Waals surface area contributed by atoms with Crippen molar-refractivity contribution in [2.45, 2.75) is 117 Å². The van der Waals surface area contributed by atoms with Gasteiger partial charge in [0, 0.05) is 5.41 Å².